The highest BCUT2D eigenvalue weighted by Crippen LogP contribution is 2.20. The number of carbonyl (C=O) groups excluding carboxylic acids is 7. The van der Waals surface area contributed by atoms with E-state index >= 15 is 0 Å². The van der Waals surface area contributed by atoms with Gasteiger partial charge in [-0.1, -0.05) is 30.3 Å². The number of phenols is 1. The zero-order chi connectivity index (χ0) is 50.5. The van der Waals surface area contributed by atoms with Gasteiger partial charge in [-0.15, -0.1) is 0 Å². The molecule has 0 spiro atoms. The molecular weight excluding hydrogens is 917 g/mol. The minimum absolute atomic E-state index is 0.0599. The Morgan fingerprint density at radius 3 is 1.82 bits per heavy atom. The second kappa shape index (κ2) is 27.4. The molecule has 7 atom stereocenters. The van der Waals surface area contributed by atoms with E-state index in [1.54, 1.807) is 30.5 Å². The molecule has 7 amide bonds. The maximum Gasteiger partial charge on any atom is 0.326 e. The summed E-state index contributed by atoms with van der Waals surface area (Å²) >= 11 is 4.05. The highest BCUT2D eigenvalue weighted by molar-refractivity contribution is 7.80. The van der Waals surface area contributed by atoms with Gasteiger partial charge in [0.05, 0.1) is 32.0 Å². The third-order valence-corrected chi connectivity index (χ3v) is 10.5. The number of benzene rings is 2. The molecule has 370 valence electrons. The lowest BCUT2D eigenvalue weighted by Gasteiger charge is -2.26. The molecule has 26 heteroatoms. The van der Waals surface area contributed by atoms with Crippen LogP contribution in [0.3, 0.4) is 0 Å². The average molecular weight is 973 g/mol. The van der Waals surface area contributed by atoms with Gasteiger partial charge in [-0.2, -0.15) is 12.6 Å². The molecule has 0 aliphatic carbocycles. The molecule has 0 unspecified atom stereocenters. The SMILES string of the molecule is NCCCC[C@H](NC(=O)[C@H](Cc1c[nH]c2ccccc12)NC(=O)[C@H](CO)NC(=O)[C@@H](N)CC(=O)O)C(=O)N[C@@H](CC(=O)O)C(=O)NCC(=O)N[C@@H](CS)C(=O)N[C@@H](Cc1ccc(O)cc1)C(=O)O. The number of H-pyrrole nitrogens is 1. The number of carboxylic acids is 3. The number of nitrogens with one attached hydrogen (secondary N) is 8. The molecule has 3 rings (SSSR count). The summed E-state index contributed by atoms with van der Waals surface area (Å²) in [6.45, 7) is -1.68. The largest absolute Gasteiger partial charge is 0.508 e. The highest BCUT2D eigenvalue weighted by Gasteiger charge is 2.34. The number of hydrogen-bond donors (Lipinski definition) is 16. The van der Waals surface area contributed by atoms with Crippen LogP contribution < -0.4 is 48.7 Å². The van der Waals surface area contributed by atoms with Crippen molar-refractivity contribution in [2.75, 3.05) is 25.4 Å². The van der Waals surface area contributed by atoms with E-state index in [0.717, 1.165) is 0 Å². The Morgan fingerprint density at radius 1 is 0.632 bits per heavy atom. The zero-order valence-corrected chi connectivity index (χ0v) is 37.3. The first-order valence-corrected chi connectivity index (χ1v) is 21.7. The molecule has 0 aliphatic rings. The topological polar surface area (TPSA) is 424 Å². The van der Waals surface area contributed by atoms with Crippen LogP contribution in [0.15, 0.2) is 54.7 Å². The average Bonchev–Trinajstić information content (AvgIpc) is 3.70. The van der Waals surface area contributed by atoms with Crippen molar-refractivity contribution in [2.24, 2.45) is 11.5 Å². The number of aromatic hydroxyl groups is 1. The zero-order valence-electron chi connectivity index (χ0n) is 36.4. The number of aliphatic carboxylic acids is 3. The minimum Gasteiger partial charge on any atom is -0.508 e. The van der Waals surface area contributed by atoms with Crippen molar-refractivity contribution in [1.29, 1.82) is 0 Å². The smallest absolute Gasteiger partial charge is 0.326 e. The standard InChI is InChI=1S/C42H56N10O15S/c43-12-4-3-7-27(48-39(63)28(14-22-17-45-26-6-2-1-5-24(22)26)49-40(64)31(19-53)52-36(60)25(44)15-34(56)57)38(62)50-29(16-35(58)59)37(61)46-18-33(55)47-32(20-68)41(65)51-30(42(66)67)13-21-8-10-23(54)11-9-21/h1-2,5-6,8-11,17,25,27-32,45,53-54,68H,3-4,7,12-16,18-20,43-44H2,(H,46,61)(H,47,55)(H,48,63)(H,49,64)(H,50,62)(H,51,65)(H,52,60)(H,56,57)(H,58,59)(H,66,67)/t25-,27-,28-,29-,30-,31-,32-/m0/s1. The minimum atomic E-state index is -1.84. The maximum atomic E-state index is 14.1. The summed E-state index contributed by atoms with van der Waals surface area (Å²) in [4.78, 5) is 131. The van der Waals surface area contributed by atoms with Crippen molar-refractivity contribution in [2.45, 2.75) is 87.2 Å². The molecule has 68 heavy (non-hydrogen) atoms. The molecule has 0 bridgehead atoms. The fraction of sp³-hybridized carbons (Fsp3) is 0.429. The summed E-state index contributed by atoms with van der Waals surface area (Å²) in [5, 5.41) is 64.6. The van der Waals surface area contributed by atoms with Crippen molar-refractivity contribution in [1.82, 2.24) is 42.2 Å². The second-order valence-electron chi connectivity index (χ2n) is 15.4. The number of aromatic nitrogens is 1. The fourth-order valence-corrected chi connectivity index (χ4v) is 6.77. The van der Waals surface area contributed by atoms with Gasteiger partial charge in [-0.25, -0.2) is 4.79 Å². The third-order valence-electron chi connectivity index (χ3n) is 10.1. The van der Waals surface area contributed by atoms with E-state index in [1.807, 2.05) is 0 Å². The number of rotatable bonds is 29. The molecule has 3 aromatic rings. The number of carboxylic acid groups (broad SMARTS) is 3. The number of aromatic amines is 1. The molecule has 0 saturated heterocycles. The Kier molecular flexibility index (Phi) is 22.2. The van der Waals surface area contributed by atoms with Crippen molar-refractivity contribution in [3.8, 4) is 5.75 Å². The number of phenolic OH excluding ortho intramolecular Hbond substituents is 1. The lowest BCUT2D eigenvalue weighted by molar-refractivity contribution is -0.142. The molecule has 0 fully saturated rings. The van der Waals surface area contributed by atoms with Crippen LogP contribution in [0.2, 0.25) is 0 Å². The molecule has 0 radical (unpaired) electrons. The van der Waals surface area contributed by atoms with Gasteiger partial charge in [0.25, 0.3) is 0 Å². The Balaban J connectivity index is 1.77. The maximum absolute atomic E-state index is 14.1. The van der Waals surface area contributed by atoms with E-state index in [0.29, 0.717) is 28.5 Å². The van der Waals surface area contributed by atoms with Crippen LogP contribution in [0.25, 0.3) is 10.9 Å². The molecule has 0 saturated carbocycles. The normalized spacial score (nSPS) is 14.1. The number of carbonyl (C=O) groups is 10. The van der Waals surface area contributed by atoms with Crippen molar-refractivity contribution >= 4 is 82.8 Å². The van der Waals surface area contributed by atoms with Crippen LogP contribution in [0.5, 0.6) is 5.75 Å². The Morgan fingerprint density at radius 2 is 1.21 bits per heavy atom. The summed E-state index contributed by atoms with van der Waals surface area (Å²) in [7, 11) is 0. The van der Waals surface area contributed by atoms with Gasteiger partial charge in [0, 0.05) is 35.7 Å². The van der Waals surface area contributed by atoms with Gasteiger partial charge in [0.2, 0.25) is 41.4 Å². The molecule has 17 N–H and O–H groups in total. The van der Waals surface area contributed by atoms with Gasteiger partial charge < -0.3 is 79.2 Å². The lowest BCUT2D eigenvalue weighted by atomic mass is 10.0. The number of para-hydroxylation sites is 1. The predicted octanol–water partition coefficient (Wildman–Crippen LogP) is -3.90. The lowest BCUT2D eigenvalue weighted by Crippen LogP contribution is -2.60. The predicted molar refractivity (Wildman–Crippen MR) is 242 cm³/mol. The van der Waals surface area contributed by atoms with E-state index in [2.05, 4.69) is 54.8 Å². The van der Waals surface area contributed by atoms with E-state index in [-0.39, 0.29) is 43.7 Å². The summed E-state index contributed by atoms with van der Waals surface area (Å²) in [6.07, 6.45) is -0.186. The number of aliphatic hydroxyl groups is 1. The van der Waals surface area contributed by atoms with Gasteiger partial charge in [-0.05, 0) is 55.1 Å². The highest BCUT2D eigenvalue weighted by atomic mass is 32.1. The summed E-state index contributed by atoms with van der Waals surface area (Å²) in [5.41, 5.74) is 12.9. The number of unbranched alkanes of at least 4 members (excludes halogenated alkanes) is 1. The Hall–Kier alpha value is -7.29. The molecule has 2 aromatic carbocycles. The number of nitrogens with two attached hydrogens (primary N) is 2. The van der Waals surface area contributed by atoms with Crippen molar-refractivity contribution in [3.63, 3.8) is 0 Å². The Labute approximate surface area is 393 Å². The van der Waals surface area contributed by atoms with E-state index in [4.69, 9.17) is 16.6 Å². The van der Waals surface area contributed by atoms with Crippen LogP contribution >= 0.6 is 12.6 Å². The van der Waals surface area contributed by atoms with Gasteiger partial charge in [-0.3, -0.25) is 43.2 Å². The molecular formula is C42H56N10O15S. The molecule has 1 aromatic heterocycles. The van der Waals surface area contributed by atoms with Crippen LogP contribution in [-0.2, 0) is 60.8 Å². The van der Waals surface area contributed by atoms with Gasteiger partial charge in [0.15, 0.2) is 0 Å². The Bertz CT molecular complexity index is 2280. The number of fused-ring (bicyclic) bond motifs is 1. The van der Waals surface area contributed by atoms with Crippen LogP contribution in [0.1, 0.15) is 43.2 Å². The summed E-state index contributed by atoms with van der Waals surface area (Å²) < 4.78 is 0. The van der Waals surface area contributed by atoms with Crippen molar-refractivity contribution < 1.29 is 73.5 Å². The summed E-state index contributed by atoms with van der Waals surface area (Å²) in [6, 6.07) is 1.49. The summed E-state index contributed by atoms with van der Waals surface area (Å²) in [5.74, 6) is -12.0. The van der Waals surface area contributed by atoms with E-state index in [1.165, 1.54) is 24.3 Å². The van der Waals surface area contributed by atoms with E-state index in [9.17, 15) is 68.4 Å². The second-order valence-corrected chi connectivity index (χ2v) is 15.7. The van der Waals surface area contributed by atoms with Crippen LogP contribution in [0, 0.1) is 0 Å². The molecule has 1 heterocycles. The van der Waals surface area contributed by atoms with E-state index < -0.39 is 128 Å². The molecule has 25 nitrogen and oxygen atoms in total. The number of aliphatic hydroxyl groups excluding tert-OH is 1. The first-order chi connectivity index (χ1) is 32.3. The number of hydrogen-bond acceptors (Lipinski definition) is 15. The van der Waals surface area contributed by atoms with Gasteiger partial charge >= 0.3 is 17.9 Å². The van der Waals surface area contributed by atoms with Crippen molar-refractivity contribution in [3.05, 3.63) is 65.9 Å². The number of amides is 7. The van der Waals surface area contributed by atoms with Crippen LogP contribution in [0.4, 0.5) is 0 Å². The van der Waals surface area contributed by atoms with Gasteiger partial charge in [0.1, 0.15) is 42.0 Å². The first kappa shape index (κ1) is 55.0. The third kappa shape index (κ3) is 17.8. The van der Waals surface area contributed by atoms with Crippen LogP contribution in [-0.4, -0.2) is 158 Å². The fourth-order valence-electron chi connectivity index (χ4n) is 6.52. The number of thiol groups is 1. The molecule has 0 aliphatic heterocycles. The first-order valence-electron chi connectivity index (χ1n) is 21.0. The quantitative estimate of drug-likeness (QED) is 0.0233. The monoisotopic (exact) mass is 972 g/mol.